The molecule has 5 nitrogen and oxygen atoms in total. The van der Waals surface area contributed by atoms with Crippen molar-refractivity contribution in [3.05, 3.63) is 34.3 Å². The van der Waals surface area contributed by atoms with Gasteiger partial charge in [0.15, 0.2) is 5.96 Å². The summed E-state index contributed by atoms with van der Waals surface area (Å²) >= 11 is 3.53. The molecular formula is C21H33BrIN3O2. The maximum atomic E-state index is 6.07. The van der Waals surface area contributed by atoms with Crippen molar-refractivity contribution in [2.45, 2.75) is 50.7 Å². The van der Waals surface area contributed by atoms with Crippen LogP contribution in [0.4, 0.5) is 0 Å². The lowest BCUT2D eigenvalue weighted by molar-refractivity contribution is -0.0367. The van der Waals surface area contributed by atoms with Crippen LogP contribution in [0, 0.1) is 0 Å². The molecule has 2 aliphatic heterocycles. The average Bonchev–Trinajstić information content (AvgIpc) is 3.21. The molecule has 1 aromatic rings. The van der Waals surface area contributed by atoms with E-state index in [1.807, 2.05) is 7.05 Å². The molecule has 0 saturated carbocycles. The Balaban J connectivity index is 0.00000280. The maximum absolute atomic E-state index is 6.07. The van der Waals surface area contributed by atoms with Gasteiger partial charge in [0.25, 0.3) is 0 Å². The number of halogens is 2. The summed E-state index contributed by atoms with van der Waals surface area (Å²) in [6, 6.07) is 8.53. The van der Waals surface area contributed by atoms with Crippen LogP contribution in [0.2, 0.25) is 0 Å². The Kier molecular flexibility index (Phi) is 11.1. The van der Waals surface area contributed by atoms with E-state index in [1.54, 1.807) is 0 Å². The van der Waals surface area contributed by atoms with Crippen molar-refractivity contribution in [3.8, 4) is 0 Å². The van der Waals surface area contributed by atoms with Crippen molar-refractivity contribution in [2.75, 3.05) is 39.9 Å². The lowest BCUT2D eigenvalue weighted by Gasteiger charge is -2.34. The maximum Gasteiger partial charge on any atom is 0.193 e. The van der Waals surface area contributed by atoms with Crippen LogP contribution in [-0.2, 0) is 15.9 Å². The molecule has 2 aliphatic rings. The van der Waals surface area contributed by atoms with Crippen LogP contribution in [-0.4, -0.2) is 63.0 Å². The first-order valence-electron chi connectivity index (χ1n) is 10.2. The van der Waals surface area contributed by atoms with Crippen molar-refractivity contribution >= 4 is 45.9 Å². The first-order chi connectivity index (χ1) is 13.2. The summed E-state index contributed by atoms with van der Waals surface area (Å²) in [5, 5.41) is 3.52. The van der Waals surface area contributed by atoms with E-state index in [9.17, 15) is 0 Å². The third kappa shape index (κ3) is 7.80. The van der Waals surface area contributed by atoms with E-state index >= 15 is 0 Å². The zero-order valence-electron chi connectivity index (χ0n) is 16.7. The number of nitrogens with zero attached hydrogens (tertiary/aromatic N) is 2. The third-order valence-corrected chi connectivity index (χ3v) is 5.80. The van der Waals surface area contributed by atoms with Crippen LogP contribution < -0.4 is 5.32 Å². The van der Waals surface area contributed by atoms with Crippen LogP contribution in [0.25, 0.3) is 0 Å². The van der Waals surface area contributed by atoms with Gasteiger partial charge in [0.2, 0.25) is 0 Å². The molecule has 28 heavy (non-hydrogen) atoms. The highest BCUT2D eigenvalue weighted by Gasteiger charge is 2.24. The molecule has 0 amide bonds. The van der Waals surface area contributed by atoms with E-state index < -0.39 is 0 Å². The fraction of sp³-hybridized carbons (Fsp3) is 0.667. The van der Waals surface area contributed by atoms with Crippen LogP contribution >= 0.6 is 39.9 Å². The Morgan fingerprint density at radius 2 is 2.14 bits per heavy atom. The number of ether oxygens (including phenoxy) is 2. The van der Waals surface area contributed by atoms with Gasteiger partial charge in [-0.2, -0.15) is 0 Å². The molecule has 0 bridgehead atoms. The lowest BCUT2D eigenvalue weighted by atomic mass is 10.1. The first kappa shape index (κ1) is 23.9. The van der Waals surface area contributed by atoms with Gasteiger partial charge in [-0.15, -0.1) is 24.0 Å². The number of aliphatic imine (C=N–C) groups is 1. The minimum atomic E-state index is 0. The number of benzene rings is 1. The Morgan fingerprint density at radius 3 is 2.82 bits per heavy atom. The number of hydrogen-bond acceptors (Lipinski definition) is 3. The quantitative estimate of drug-likeness (QED) is 0.232. The normalized spacial score (nSPS) is 20.9. The minimum absolute atomic E-state index is 0. The van der Waals surface area contributed by atoms with Gasteiger partial charge < -0.3 is 19.7 Å². The number of rotatable bonds is 7. The van der Waals surface area contributed by atoms with E-state index in [-0.39, 0.29) is 24.0 Å². The molecule has 2 saturated heterocycles. The Hall–Kier alpha value is -0.380. The number of aryl methyl sites for hydroxylation is 1. The van der Waals surface area contributed by atoms with E-state index in [0.29, 0.717) is 12.2 Å². The van der Waals surface area contributed by atoms with Gasteiger partial charge in [0, 0.05) is 37.8 Å². The second-order valence-electron chi connectivity index (χ2n) is 7.36. The highest BCUT2D eigenvalue weighted by atomic mass is 127. The SMILES string of the molecule is CN=C(NCCCc1cccc(Br)c1)N1CCC(OCC2CCCO2)CC1.I. The number of nitrogens with one attached hydrogen (secondary N) is 1. The highest BCUT2D eigenvalue weighted by Crippen LogP contribution is 2.18. The molecule has 1 N–H and O–H groups in total. The molecule has 2 heterocycles. The molecule has 7 heteroatoms. The Morgan fingerprint density at radius 1 is 1.32 bits per heavy atom. The predicted octanol–water partition coefficient (Wildman–Crippen LogP) is 4.24. The van der Waals surface area contributed by atoms with Crippen molar-refractivity contribution in [3.63, 3.8) is 0 Å². The van der Waals surface area contributed by atoms with Crippen LogP contribution in [0.1, 0.15) is 37.7 Å². The molecule has 158 valence electrons. The summed E-state index contributed by atoms with van der Waals surface area (Å²) in [5.41, 5.74) is 1.37. The third-order valence-electron chi connectivity index (χ3n) is 5.31. The Bertz CT molecular complexity index is 603. The summed E-state index contributed by atoms with van der Waals surface area (Å²) in [4.78, 5) is 6.82. The van der Waals surface area contributed by atoms with E-state index in [0.717, 1.165) is 75.4 Å². The molecular weight excluding hydrogens is 533 g/mol. The molecule has 1 aromatic carbocycles. The van der Waals surface area contributed by atoms with Gasteiger partial charge >= 0.3 is 0 Å². The van der Waals surface area contributed by atoms with Crippen LogP contribution in [0.15, 0.2) is 33.7 Å². The number of guanidine groups is 1. The second-order valence-corrected chi connectivity index (χ2v) is 8.28. The summed E-state index contributed by atoms with van der Waals surface area (Å²) in [6.07, 6.45) is 7.30. The zero-order chi connectivity index (χ0) is 18.9. The standard InChI is InChI=1S/C21H32BrN3O2.HI/c1-23-21(24-11-3-6-17-5-2-7-18(22)15-17)25-12-9-19(10-13-25)27-16-20-8-4-14-26-20;/h2,5,7,15,19-20H,3-4,6,8-14,16H2,1H3,(H,23,24);1H. The number of likely N-dealkylation sites (tertiary alicyclic amines) is 1. The topological polar surface area (TPSA) is 46.1 Å². The molecule has 2 fully saturated rings. The van der Waals surface area contributed by atoms with Gasteiger partial charge in [0.05, 0.1) is 18.8 Å². The second kappa shape index (κ2) is 13.0. The highest BCUT2D eigenvalue weighted by molar-refractivity contribution is 14.0. The Labute approximate surface area is 194 Å². The van der Waals surface area contributed by atoms with Crippen LogP contribution in [0.3, 0.4) is 0 Å². The van der Waals surface area contributed by atoms with Crippen molar-refractivity contribution in [1.29, 1.82) is 0 Å². The predicted molar refractivity (Wildman–Crippen MR) is 129 cm³/mol. The largest absolute Gasteiger partial charge is 0.376 e. The lowest BCUT2D eigenvalue weighted by Crippen LogP contribution is -2.47. The molecule has 0 radical (unpaired) electrons. The van der Waals surface area contributed by atoms with Gasteiger partial charge in [-0.1, -0.05) is 28.1 Å². The average molecular weight is 566 g/mol. The fourth-order valence-electron chi connectivity index (χ4n) is 3.77. The van der Waals surface area contributed by atoms with Gasteiger partial charge in [-0.05, 0) is 56.2 Å². The molecule has 1 atom stereocenters. The molecule has 0 spiro atoms. The van der Waals surface area contributed by atoms with Gasteiger partial charge in [-0.25, -0.2) is 0 Å². The van der Waals surface area contributed by atoms with Crippen molar-refractivity contribution in [2.24, 2.45) is 4.99 Å². The summed E-state index contributed by atoms with van der Waals surface area (Å²) < 4.78 is 12.9. The minimum Gasteiger partial charge on any atom is -0.376 e. The molecule has 0 aromatic heterocycles. The number of hydrogen-bond donors (Lipinski definition) is 1. The first-order valence-corrected chi connectivity index (χ1v) is 11.0. The summed E-state index contributed by atoms with van der Waals surface area (Å²) in [5.74, 6) is 1.02. The van der Waals surface area contributed by atoms with Gasteiger partial charge in [-0.3, -0.25) is 4.99 Å². The summed E-state index contributed by atoms with van der Waals surface area (Å²) in [7, 11) is 1.87. The van der Waals surface area contributed by atoms with Crippen molar-refractivity contribution in [1.82, 2.24) is 10.2 Å². The molecule has 3 rings (SSSR count). The zero-order valence-corrected chi connectivity index (χ0v) is 20.7. The monoisotopic (exact) mass is 565 g/mol. The molecule has 1 unspecified atom stereocenters. The van der Waals surface area contributed by atoms with E-state index in [4.69, 9.17) is 9.47 Å². The number of piperidine rings is 1. The van der Waals surface area contributed by atoms with Crippen molar-refractivity contribution < 1.29 is 9.47 Å². The fourth-order valence-corrected chi connectivity index (χ4v) is 4.22. The smallest absolute Gasteiger partial charge is 0.193 e. The van der Waals surface area contributed by atoms with Gasteiger partial charge in [0.1, 0.15) is 0 Å². The van der Waals surface area contributed by atoms with Crippen LogP contribution in [0.5, 0.6) is 0 Å². The molecule has 0 aliphatic carbocycles. The van der Waals surface area contributed by atoms with E-state index in [2.05, 4.69) is 55.4 Å². The summed E-state index contributed by atoms with van der Waals surface area (Å²) in [6.45, 7) is 4.60. The van der Waals surface area contributed by atoms with E-state index in [1.165, 1.54) is 12.0 Å².